The normalized spacial score (nSPS) is 11.3. The van der Waals surface area contributed by atoms with Gasteiger partial charge in [0.25, 0.3) is 0 Å². The van der Waals surface area contributed by atoms with Crippen LogP contribution in [0.4, 0.5) is 0 Å². The quantitative estimate of drug-likeness (QED) is 0.465. The molecule has 0 unspecified atom stereocenters. The molecule has 0 saturated heterocycles. The number of hydrogen-bond donors (Lipinski definition) is 0. The minimum atomic E-state index is 0.912. The van der Waals surface area contributed by atoms with Gasteiger partial charge in [0.2, 0.25) is 0 Å². The Morgan fingerprint density at radius 2 is 1.48 bits per heavy atom. The van der Waals surface area contributed by atoms with E-state index in [1.54, 1.807) is 0 Å². The van der Waals surface area contributed by atoms with Gasteiger partial charge < -0.3 is 0 Å². The first-order valence-corrected chi connectivity index (χ1v) is 10.7. The molecule has 0 radical (unpaired) electrons. The minimum absolute atomic E-state index is 0.912. The molecule has 0 aliphatic heterocycles. The third-order valence-electron chi connectivity index (χ3n) is 5.77. The molecule has 1 heterocycles. The van der Waals surface area contributed by atoms with Crippen LogP contribution in [0.3, 0.4) is 0 Å². The van der Waals surface area contributed by atoms with E-state index in [0.717, 1.165) is 37.3 Å². The van der Waals surface area contributed by atoms with Gasteiger partial charge in [-0.1, -0.05) is 61.9 Å². The second-order valence-corrected chi connectivity index (χ2v) is 8.21. The van der Waals surface area contributed by atoms with Gasteiger partial charge in [-0.15, -0.1) is 0 Å². The lowest BCUT2D eigenvalue weighted by Crippen LogP contribution is -2.19. The van der Waals surface area contributed by atoms with Gasteiger partial charge in [0.15, 0.2) is 0 Å². The van der Waals surface area contributed by atoms with E-state index in [2.05, 4.69) is 95.1 Å². The fraction of sp³-hybridized carbons (Fsp3) is 0.370. The van der Waals surface area contributed by atoms with Crippen LogP contribution in [0.1, 0.15) is 52.9 Å². The van der Waals surface area contributed by atoms with Gasteiger partial charge in [-0.2, -0.15) is 0 Å². The summed E-state index contributed by atoms with van der Waals surface area (Å²) in [5.74, 6) is 0. The summed E-state index contributed by atoms with van der Waals surface area (Å²) >= 11 is 0. The number of aryl methyl sites for hydroxylation is 5. The zero-order valence-electron chi connectivity index (χ0n) is 18.8. The fourth-order valence-electron chi connectivity index (χ4n) is 4.24. The van der Waals surface area contributed by atoms with Gasteiger partial charge >= 0.3 is 0 Å². The van der Waals surface area contributed by atoms with Crippen molar-refractivity contribution < 1.29 is 0 Å². The topological polar surface area (TPSA) is 16.1 Å². The molecule has 3 rings (SSSR count). The Hall–Kier alpha value is -2.45. The van der Waals surface area contributed by atoms with Gasteiger partial charge in [0, 0.05) is 24.3 Å². The summed E-state index contributed by atoms with van der Waals surface area (Å²) in [7, 11) is 2.19. The molecule has 0 aliphatic carbocycles. The van der Waals surface area contributed by atoms with Crippen LogP contribution < -0.4 is 0 Å². The average molecular weight is 387 g/mol. The number of rotatable bonds is 7. The van der Waals surface area contributed by atoms with Crippen LogP contribution in [0.2, 0.25) is 0 Å². The van der Waals surface area contributed by atoms with Crippen LogP contribution in [0.15, 0.2) is 48.5 Å². The summed E-state index contributed by atoms with van der Waals surface area (Å²) in [6, 6.07) is 17.7. The summed E-state index contributed by atoms with van der Waals surface area (Å²) in [5.41, 5.74) is 11.7. The highest BCUT2D eigenvalue weighted by Crippen LogP contribution is 2.30. The van der Waals surface area contributed by atoms with Crippen molar-refractivity contribution in [2.75, 3.05) is 7.05 Å². The highest BCUT2D eigenvalue weighted by atomic mass is 15.1. The molecule has 2 heteroatoms. The zero-order chi connectivity index (χ0) is 21.0. The van der Waals surface area contributed by atoms with Gasteiger partial charge in [0.1, 0.15) is 0 Å². The van der Waals surface area contributed by atoms with E-state index < -0.39 is 0 Å². The maximum absolute atomic E-state index is 5.07. The zero-order valence-corrected chi connectivity index (χ0v) is 18.8. The standard InChI is InChI=1S/C27H34N2/c1-7-23-13-10-14-24(8-2)27(23)26-16-20(4)25(21(5)28-26)18-29(6)17-22-12-9-11-19(3)15-22/h9-16H,7-8,17-18H2,1-6H3. The van der Waals surface area contributed by atoms with E-state index in [9.17, 15) is 0 Å². The lowest BCUT2D eigenvalue weighted by atomic mass is 9.93. The van der Waals surface area contributed by atoms with E-state index in [-0.39, 0.29) is 0 Å². The first kappa shape index (κ1) is 21.3. The van der Waals surface area contributed by atoms with Crippen LogP contribution in [0.5, 0.6) is 0 Å². The molecular weight excluding hydrogens is 352 g/mol. The Bertz CT molecular complexity index is 942. The maximum atomic E-state index is 5.07. The molecule has 152 valence electrons. The van der Waals surface area contributed by atoms with Crippen molar-refractivity contribution in [2.45, 2.75) is 60.5 Å². The molecule has 2 aromatic carbocycles. The number of hydrogen-bond acceptors (Lipinski definition) is 2. The molecule has 0 bridgehead atoms. The SMILES string of the molecule is CCc1cccc(CC)c1-c1cc(C)c(CN(C)Cc2cccc(C)c2)c(C)n1. The first-order valence-electron chi connectivity index (χ1n) is 10.7. The molecule has 0 N–H and O–H groups in total. The van der Waals surface area contributed by atoms with Crippen molar-refractivity contribution in [3.05, 3.63) is 87.6 Å². The van der Waals surface area contributed by atoms with E-state index >= 15 is 0 Å². The van der Waals surface area contributed by atoms with E-state index in [1.807, 2.05) is 0 Å². The van der Waals surface area contributed by atoms with Crippen LogP contribution in [-0.2, 0) is 25.9 Å². The molecule has 1 aromatic heterocycles. The Morgan fingerprint density at radius 3 is 2.07 bits per heavy atom. The summed E-state index contributed by atoms with van der Waals surface area (Å²) in [6.45, 7) is 12.9. The third-order valence-corrected chi connectivity index (χ3v) is 5.77. The highest BCUT2D eigenvalue weighted by Gasteiger charge is 2.15. The number of aromatic nitrogens is 1. The predicted octanol–water partition coefficient (Wildman–Crippen LogP) is 6.43. The maximum Gasteiger partial charge on any atom is 0.0713 e. The number of nitrogens with zero attached hydrogens (tertiary/aromatic N) is 2. The van der Waals surface area contributed by atoms with Crippen molar-refractivity contribution in [3.63, 3.8) is 0 Å². The van der Waals surface area contributed by atoms with Gasteiger partial charge in [-0.3, -0.25) is 9.88 Å². The molecule has 3 aromatic rings. The van der Waals surface area contributed by atoms with Crippen molar-refractivity contribution in [3.8, 4) is 11.3 Å². The molecule has 0 atom stereocenters. The lowest BCUT2D eigenvalue weighted by Gasteiger charge is -2.21. The van der Waals surface area contributed by atoms with Crippen molar-refractivity contribution in [1.29, 1.82) is 0 Å². The number of benzene rings is 2. The molecule has 0 amide bonds. The molecule has 0 spiro atoms. The molecule has 0 fully saturated rings. The summed E-state index contributed by atoms with van der Waals surface area (Å²) in [4.78, 5) is 7.45. The monoisotopic (exact) mass is 386 g/mol. The second kappa shape index (κ2) is 9.37. The Morgan fingerprint density at radius 1 is 0.828 bits per heavy atom. The molecule has 0 aliphatic rings. The Kier molecular flexibility index (Phi) is 6.87. The summed E-state index contributed by atoms with van der Waals surface area (Å²) < 4.78 is 0. The third kappa shape index (κ3) is 4.94. The lowest BCUT2D eigenvalue weighted by molar-refractivity contribution is 0.317. The molecule has 0 saturated carbocycles. The fourth-order valence-corrected chi connectivity index (χ4v) is 4.24. The Labute approximate surface area is 176 Å². The summed E-state index contributed by atoms with van der Waals surface area (Å²) in [5, 5.41) is 0. The summed E-state index contributed by atoms with van der Waals surface area (Å²) in [6.07, 6.45) is 2.06. The van der Waals surface area contributed by atoms with Gasteiger partial charge in [-0.25, -0.2) is 0 Å². The number of pyridine rings is 1. The molecule has 29 heavy (non-hydrogen) atoms. The minimum Gasteiger partial charge on any atom is -0.298 e. The average Bonchev–Trinajstić information content (AvgIpc) is 2.69. The predicted molar refractivity (Wildman–Crippen MR) is 124 cm³/mol. The van der Waals surface area contributed by atoms with E-state index in [4.69, 9.17) is 4.98 Å². The van der Waals surface area contributed by atoms with Crippen LogP contribution in [0, 0.1) is 20.8 Å². The van der Waals surface area contributed by atoms with Gasteiger partial charge in [0.05, 0.1) is 5.69 Å². The first-order chi connectivity index (χ1) is 13.9. The van der Waals surface area contributed by atoms with Gasteiger partial charge in [-0.05, 0) is 74.5 Å². The van der Waals surface area contributed by atoms with Crippen molar-refractivity contribution in [1.82, 2.24) is 9.88 Å². The van der Waals surface area contributed by atoms with Crippen molar-refractivity contribution in [2.24, 2.45) is 0 Å². The molecular formula is C27H34N2. The highest BCUT2D eigenvalue weighted by molar-refractivity contribution is 5.69. The van der Waals surface area contributed by atoms with Crippen LogP contribution >= 0.6 is 0 Å². The smallest absolute Gasteiger partial charge is 0.0713 e. The molecule has 2 nitrogen and oxygen atoms in total. The Balaban J connectivity index is 1.89. The van der Waals surface area contributed by atoms with E-state index in [0.29, 0.717) is 0 Å². The second-order valence-electron chi connectivity index (χ2n) is 8.21. The van der Waals surface area contributed by atoms with Crippen LogP contribution in [-0.4, -0.2) is 16.9 Å². The van der Waals surface area contributed by atoms with E-state index in [1.165, 1.54) is 38.9 Å². The largest absolute Gasteiger partial charge is 0.298 e. The van der Waals surface area contributed by atoms with Crippen molar-refractivity contribution >= 4 is 0 Å². The van der Waals surface area contributed by atoms with Crippen LogP contribution in [0.25, 0.3) is 11.3 Å².